The molecule has 17 heavy (non-hydrogen) atoms. The first-order chi connectivity index (χ1) is 7.83. The van der Waals surface area contributed by atoms with Crippen molar-refractivity contribution < 1.29 is 34.4 Å². The Morgan fingerprint density at radius 2 is 1.53 bits per heavy atom. The Morgan fingerprint density at radius 3 is 1.82 bits per heavy atom. The minimum absolute atomic E-state index is 0.444. The highest BCUT2D eigenvalue weighted by Crippen LogP contribution is 2.18. The average Bonchev–Trinajstić information content (AvgIpc) is 2.29. The summed E-state index contributed by atoms with van der Waals surface area (Å²) in [5, 5.41) is 27.5. The molecule has 1 rings (SSSR count). The van der Waals surface area contributed by atoms with E-state index >= 15 is 0 Å². The van der Waals surface area contributed by atoms with E-state index in [0.717, 1.165) is 0 Å². The van der Waals surface area contributed by atoms with Crippen molar-refractivity contribution in [2.75, 3.05) is 20.2 Å². The molecule has 0 aliphatic carbocycles. The van der Waals surface area contributed by atoms with Crippen LogP contribution in [0.5, 0.6) is 0 Å². The second kappa shape index (κ2) is 6.81. The summed E-state index contributed by atoms with van der Waals surface area (Å²) in [5.41, 5.74) is -1.24. The number of aliphatic hydroxyl groups is 1. The molecule has 1 saturated heterocycles. The summed E-state index contributed by atoms with van der Waals surface area (Å²) >= 11 is 0. The molecule has 0 amide bonds. The van der Waals surface area contributed by atoms with Gasteiger partial charge in [0.25, 0.3) is 0 Å². The van der Waals surface area contributed by atoms with E-state index in [1.807, 2.05) is 0 Å². The number of hydrogen-bond acceptors (Lipinski definition) is 6. The average molecular weight is 249 g/mol. The Kier molecular flexibility index (Phi) is 6.15. The van der Waals surface area contributed by atoms with Gasteiger partial charge in [0.1, 0.15) is 0 Å². The third kappa shape index (κ3) is 5.27. The SMILES string of the molecule is COC(=O)C1(O)CCNCC1.O=C(O)C(=O)O. The van der Waals surface area contributed by atoms with Gasteiger partial charge < -0.3 is 25.4 Å². The second-order valence-corrected chi connectivity index (χ2v) is 3.38. The molecule has 1 aliphatic heterocycles. The van der Waals surface area contributed by atoms with Crippen LogP contribution in [0.15, 0.2) is 0 Å². The molecule has 0 aromatic carbocycles. The summed E-state index contributed by atoms with van der Waals surface area (Å²) in [6, 6.07) is 0. The lowest BCUT2D eigenvalue weighted by molar-refractivity contribution is -0.164. The molecule has 1 heterocycles. The number of nitrogens with one attached hydrogen (secondary N) is 1. The van der Waals surface area contributed by atoms with Crippen molar-refractivity contribution in [3.8, 4) is 0 Å². The van der Waals surface area contributed by atoms with Crippen molar-refractivity contribution in [2.45, 2.75) is 18.4 Å². The van der Waals surface area contributed by atoms with Crippen LogP contribution in [-0.4, -0.2) is 59.0 Å². The van der Waals surface area contributed by atoms with E-state index in [2.05, 4.69) is 10.1 Å². The van der Waals surface area contributed by atoms with Gasteiger partial charge in [-0.05, 0) is 25.9 Å². The Balaban J connectivity index is 0.000000366. The Labute approximate surface area is 97.2 Å². The lowest BCUT2D eigenvalue weighted by atomic mass is 9.93. The monoisotopic (exact) mass is 249 g/mol. The molecule has 1 aliphatic rings. The maximum Gasteiger partial charge on any atom is 0.414 e. The molecular weight excluding hydrogens is 234 g/mol. The zero-order valence-electron chi connectivity index (χ0n) is 9.30. The summed E-state index contributed by atoms with van der Waals surface area (Å²) in [4.78, 5) is 29.2. The second-order valence-electron chi connectivity index (χ2n) is 3.38. The maximum atomic E-state index is 11.0. The first-order valence-electron chi connectivity index (χ1n) is 4.81. The van der Waals surface area contributed by atoms with E-state index in [0.29, 0.717) is 25.9 Å². The zero-order valence-corrected chi connectivity index (χ0v) is 9.30. The number of esters is 1. The molecular formula is C9H15NO7. The molecule has 0 radical (unpaired) electrons. The Morgan fingerprint density at radius 1 is 1.12 bits per heavy atom. The number of piperidine rings is 1. The Bertz CT molecular complexity index is 284. The minimum atomic E-state index is -1.82. The third-order valence-corrected chi connectivity index (χ3v) is 2.18. The number of hydrogen-bond donors (Lipinski definition) is 4. The van der Waals surface area contributed by atoms with Gasteiger partial charge in [-0.1, -0.05) is 0 Å². The van der Waals surface area contributed by atoms with Crippen LogP contribution in [0.25, 0.3) is 0 Å². The van der Waals surface area contributed by atoms with Gasteiger partial charge in [0.05, 0.1) is 7.11 Å². The molecule has 1 fully saturated rings. The normalized spacial score (nSPS) is 17.3. The summed E-state index contributed by atoms with van der Waals surface area (Å²) in [7, 11) is 1.29. The van der Waals surface area contributed by atoms with Crippen LogP contribution < -0.4 is 5.32 Å². The number of ether oxygens (including phenoxy) is 1. The molecule has 8 nitrogen and oxygen atoms in total. The van der Waals surface area contributed by atoms with Gasteiger partial charge in [0, 0.05) is 0 Å². The molecule has 98 valence electrons. The van der Waals surface area contributed by atoms with Crippen LogP contribution in [0, 0.1) is 0 Å². The largest absolute Gasteiger partial charge is 0.473 e. The van der Waals surface area contributed by atoms with Crippen LogP contribution in [0.4, 0.5) is 0 Å². The Hall–Kier alpha value is -1.67. The topological polar surface area (TPSA) is 133 Å². The van der Waals surface area contributed by atoms with Gasteiger partial charge >= 0.3 is 17.9 Å². The number of carbonyl (C=O) groups is 3. The molecule has 8 heteroatoms. The van der Waals surface area contributed by atoms with E-state index < -0.39 is 23.5 Å². The summed E-state index contributed by atoms with van der Waals surface area (Å²) in [6.07, 6.45) is 0.888. The van der Waals surface area contributed by atoms with Gasteiger partial charge in [-0.3, -0.25) is 0 Å². The fourth-order valence-corrected chi connectivity index (χ4v) is 1.23. The molecule has 0 spiro atoms. The van der Waals surface area contributed by atoms with Crippen molar-refractivity contribution >= 4 is 17.9 Å². The highest BCUT2D eigenvalue weighted by atomic mass is 16.5. The molecule has 4 N–H and O–H groups in total. The standard InChI is InChI=1S/C7H13NO3.C2H2O4/c1-11-6(9)7(10)2-4-8-5-3-7;3-1(4)2(5)6/h8,10H,2-5H2,1H3;(H,3,4)(H,5,6). The van der Waals surface area contributed by atoms with E-state index in [9.17, 15) is 9.90 Å². The smallest absolute Gasteiger partial charge is 0.414 e. The number of rotatable bonds is 1. The fourth-order valence-electron chi connectivity index (χ4n) is 1.23. The number of carbonyl (C=O) groups excluding carboxylic acids is 1. The van der Waals surface area contributed by atoms with Crippen molar-refractivity contribution in [2.24, 2.45) is 0 Å². The van der Waals surface area contributed by atoms with Crippen molar-refractivity contribution in [3.63, 3.8) is 0 Å². The van der Waals surface area contributed by atoms with Gasteiger partial charge in [0.2, 0.25) is 0 Å². The molecule has 0 atom stereocenters. The van der Waals surface area contributed by atoms with E-state index in [4.69, 9.17) is 19.8 Å². The van der Waals surface area contributed by atoms with E-state index in [1.54, 1.807) is 0 Å². The van der Waals surface area contributed by atoms with Gasteiger partial charge in [-0.2, -0.15) is 0 Å². The first-order valence-corrected chi connectivity index (χ1v) is 4.81. The summed E-state index contributed by atoms with van der Waals surface area (Å²) in [6.45, 7) is 1.34. The van der Waals surface area contributed by atoms with Gasteiger partial charge in [0.15, 0.2) is 5.60 Å². The van der Waals surface area contributed by atoms with Crippen LogP contribution in [-0.2, 0) is 19.1 Å². The van der Waals surface area contributed by atoms with Crippen LogP contribution in [0.3, 0.4) is 0 Å². The summed E-state index contributed by atoms with van der Waals surface area (Å²) < 4.78 is 4.48. The first kappa shape index (κ1) is 15.3. The quantitative estimate of drug-likeness (QED) is 0.323. The van der Waals surface area contributed by atoms with E-state index in [-0.39, 0.29) is 0 Å². The molecule has 0 unspecified atom stereocenters. The minimum Gasteiger partial charge on any atom is -0.473 e. The van der Waals surface area contributed by atoms with Gasteiger partial charge in [-0.25, -0.2) is 14.4 Å². The lowest BCUT2D eigenvalue weighted by Gasteiger charge is -2.29. The highest BCUT2D eigenvalue weighted by molar-refractivity contribution is 6.27. The highest BCUT2D eigenvalue weighted by Gasteiger charge is 2.37. The van der Waals surface area contributed by atoms with Crippen LogP contribution in [0.2, 0.25) is 0 Å². The van der Waals surface area contributed by atoms with Crippen LogP contribution >= 0.6 is 0 Å². The predicted molar refractivity (Wildman–Crippen MR) is 54.3 cm³/mol. The zero-order chi connectivity index (χ0) is 13.5. The predicted octanol–water partition coefficient (Wildman–Crippen LogP) is -1.57. The lowest BCUT2D eigenvalue weighted by Crippen LogP contribution is -2.48. The van der Waals surface area contributed by atoms with Crippen molar-refractivity contribution in [1.82, 2.24) is 5.32 Å². The molecule has 0 aromatic rings. The van der Waals surface area contributed by atoms with Crippen LogP contribution in [0.1, 0.15) is 12.8 Å². The number of aliphatic carboxylic acids is 2. The number of carboxylic acids is 2. The number of carboxylic acid groups (broad SMARTS) is 2. The molecule has 0 aromatic heterocycles. The van der Waals surface area contributed by atoms with Gasteiger partial charge in [-0.15, -0.1) is 0 Å². The fraction of sp³-hybridized carbons (Fsp3) is 0.667. The number of methoxy groups -OCH3 is 1. The maximum absolute atomic E-state index is 11.0. The third-order valence-electron chi connectivity index (χ3n) is 2.18. The van der Waals surface area contributed by atoms with Crippen molar-refractivity contribution in [1.29, 1.82) is 0 Å². The molecule has 0 saturated carbocycles. The summed E-state index contributed by atoms with van der Waals surface area (Å²) in [5.74, 6) is -4.16. The molecule has 0 bridgehead atoms. The van der Waals surface area contributed by atoms with Crippen molar-refractivity contribution in [3.05, 3.63) is 0 Å². The van der Waals surface area contributed by atoms with E-state index in [1.165, 1.54) is 7.11 Å².